The van der Waals surface area contributed by atoms with Gasteiger partial charge in [-0.2, -0.15) is 0 Å². The van der Waals surface area contributed by atoms with Crippen LogP contribution >= 0.6 is 0 Å². The number of rotatable bonds is 2. The van der Waals surface area contributed by atoms with Gasteiger partial charge < -0.3 is 25.0 Å². The molecule has 0 aliphatic carbocycles. The van der Waals surface area contributed by atoms with E-state index < -0.39 is 22.9 Å². The number of para-hydroxylation sites is 2. The monoisotopic (exact) mass is 434 g/mol. The van der Waals surface area contributed by atoms with E-state index in [0.29, 0.717) is 33.1 Å². The molecule has 2 aromatic heterocycles. The van der Waals surface area contributed by atoms with Crippen LogP contribution in [0.5, 0.6) is 0 Å². The van der Waals surface area contributed by atoms with E-state index in [1.807, 2.05) is 0 Å². The maximum Gasteiger partial charge on any atom is 0.361 e. The fourth-order valence-corrected chi connectivity index (χ4v) is 3.69. The lowest BCUT2D eigenvalue weighted by Gasteiger charge is -2.25. The Hall–Kier alpha value is -4.60. The molecule has 0 spiro atoms. The van der Waals surface area contributed by atoms with Gasteiger partial charge in [0.1, 0.15) is 22.5 Å². The van der Waals surface area contributed by atoms with Gasteiger partial charge in [-0.1, -0.05) is 46.7 Å². The summed E-state index contributed by atoms with van der Waals surface area (Å²) >= 11 is 0. The average molecular weight is 434 g/mol. The molecule has 2 aromatic carbocycles. The Balaban J connectivity index is 2.17. The van der Waals surface area contributed by atoms with Crippen LogP contribution in [0.2, 0.25) is 0 Å². The van der Waals surface area contributed by atoms with E-state index in [1.54, 1.807) is 62.4 Å². The molecule has 32 heavy (non-hydrogen) atoms. The minimum atomic E-state index is -0.833. The summed E-state index contributed by atoms with van der Waals surface area (Å²) in [6, 6.07) is 13.6. The van der Waals surface area contributed by atoms with Crippen LogP contribution in [0.1, 0.15) is 11.1 Å². The van der Waals surface area contributed by atoms with Crippen LogP contribution in [-0.2, 0) is 0 Å². The van der Waals surface area contributed by atoms with E-state index in [1.165, 1.54) is 0 Å². The maximum atomic E-state index is 13.1. The molecule has 2 heterocycles. The molecule has 0 bridgehead atoms. The Morgan fingerprint density at radius 3 is 1.66 bits per heavy atom. The summed E-state index contributed by atoms with van der Waals surface area (Å²) in [4.78, 5) is 27.1. The number of anilines is 2. The SMILES string of the molecule is Cc1c(N(C(=N/O)/C(N)=N/O)c2c(C)c3ccccc3oc2=O)c(=O)oc2ccccc12. The highest BCUT2D eigenvalue weighted by molar-refractivity contribution is 6.46. The molecule has 162 valence electrons. The molecule has 4 N–H and O–H groups in total. The molecule has 0 amide bonds. The lowest BCUT2D eigenvalue weighted by molar-refractivity contribution is 0.313. The first-order valence-corrected chi connectivity index (χ1v) is 9.44. The minimum absolute atomic E-state index is 0.159. The van der Waals surface area contributed by atoms with Crippen molar-refractivity contribution in [1.82, 2.24) is 0 Å². The first-order valence-electron chi connectivity index (χ1n) is 9.44. The highest BCUT2D eigenvalue weighted by Gasteiger charge is 2.31. The summed E-state index contributed by atoms with van der Waals surface area (Å²) in [5, 5.41) is 26.1. The van der Waals surface area contributed by atoms with Gasteiger partial charge in [-0.25, -0.2) is 9.59 Å². The zero-order chi connectivity index (χ0) is 23.0. The van der Waals surface area contributed by atoms with Crippen molar-refractivity contribution in [3.05, 3.63) is 80.5 Å². The van der Waals surface area contributed by atoms with Crippen molar-refractivity contribution < 1.29 is 19.2 Å². The van der Waals surface area contributed by atoms with Crippen LogP contribution in [0.3, 0.4) is 0 Å². The number of aryl methyl sites for hydroxylation is 2. The molecular formula is C22H18N4O6. The van der Waals surface area contributed by atoms with Crippen LogP contribution in [0, 0.1) is 13.8 Å². The zero-order valence-corrected chi connectivity index (χ0v) is 17.1. The third kappa shape index (κ3) is 3.14. The van der Waals surface area contributed by atoms with Crippen molar-refractivity contribution >= 4 is 45.0 Å². The van der Waals surface area contributed by atoms with E-state index in [2.05, 4.69) is 10.3 Å². The fourth-order valence-electron chi connectivity index (χ4n) is 3.69. The number of amidine groups is 2. The topological polar surface area (TPSA) is 155 Å². The molecule has 10 heteroatoms. The number of fused-ring (bicyclic) bond motifs is 2. The first kappa shape index (κ1) is 20.7. The van der Waals surface area contributed by atoms with Gasteiger partial charge in [-0.15, -0.1) is 0 Å². The van der Waals surface area contributed by atoms with Crippen LogP contribution in [0.15, 0.2) is 77.3 Å². The second-order valence-electron chi connectivity index (χ2n) is 6.96. The van der Waals surface area contributed by atoms with Gasteiger partial charge in [0, 0.05) is 10.8 Å². The van der Waals surface area contributed by atoms with Crippen LogP contribution in [0.4, 0.5) is 11.4 Å². The summed E-state index contributed by atoms with van der Waals surface area (Å²) in [5.41, 5.74) is 5.23. The third-order valence-corrected chi connectivity index (χ3v) is 5.18. The minimum Gasteiger partial charge on any atom is -0.421 e. The van der Waals surface area contributed by atoms with E-state index in [9.17, 15) is 20.0 Å². The van der Waals surface area contributed by atoms with Crippen molar-refractivity contribution in [3.8, 4) is 0 Å². The van der Waals surface area contributed by atoms with Gasteiger partial charge in [0.25, 0.3) is 0 Å². The van der Waals surface area contributed by atoms with Crippen molar-refractivity contribution in [2.24, 2.45) is 16.0 Å². The number of oxime groups is 2. The van der Waals surface area contributed by atoms with Gasteiger partial charge in [-0.3, -0.25) is 4.90 Å². The van der Waals surface area contributed by atoms with E-state index >= 15 is 0 Å². The Bertz CT molecular complexity index is 1430. The van der Waals surface area contributed by atoms with E-state index in [4.69, 9.17) is 14.6 Å². The average Bonchev–Trinajstić information content (AvgIpc) is 2.79. The second-order valence-corrected chi connectivity index (χ2v) is 6.96. The molecule has 10 nitrogen and oxygen atoms in total. The normalized spacial score (nSPS) is 12.4. The zero-order valence-electron chi connectivity index (χ0n) is 17.1. The maximum absolute atomic E-state index is 13.1. The lowest BCUT2D eigenvalue weighted by atomic mass is 10.1. The standard InChI is InChI=1S/C22H18N4O6/c1-11-13-7-3-5-9-15(13)31-21(27)17(11)26(20(25-30)19(23)24-29)18-12(2)14-8-4-6-10-16(14)32-22(18)28/h3-10,29-30H,1-2H3,(H2,23,24)/b25-20+. The molecule has 0 radical (unpaired) electrons. The summed E-state index contributed by atoms with van der Waals surface area (Å²) in [7, 11) is 0. The quantitative estimate of drug-likeness (QED) is 0.143. The van der Waals surface area contributed by atoms with Crippen molar-refractivity contribution in [2.45, 2.75) is 13.8 Å². The highest BCUT2D eigenvalue weighted by atomic mass is 16.4. The molecule has 4 aromatic rings. The first-order chi connectivity index (χ1) is 15.4. The van der Waals surface area contributed by atoms with Crippen LogP contribution in [-0.4, -0.2) is 22.1 Å². The molecule has 0 atom stereocenters. The predicted molar refractivity (Wildman–Crippen MR) is 119 cm³/mol. The van der Waals surface area contributed by atoms with Crippen LogP contribution < -0.4 is 21.9 Å². The molecule has 0 fully saturated rings. The van der Waals surface area contributed by atoms with Crippen LogP contribution in [0.25, 0.3) is 21.9 Å². The molecule has 0 unspecified atom stereocenters. The van der Waals surface area contributed by atoms with E-state index in [-0.39, 0.29) is 11.4 Å². The molecule has 0 aliphatic heterocycles. The summed E-state index contributed by atoms with van der Waals surface area (Å²) < 4.78 is 10.9. The van der Waals surface area contributed by atoms with Crippen molar-refractivity contribution in [1.29, 1.82) is 0 Å². The number of hydrogen-bond acceptors (Lipinski definition) is 8. The summed E-state index contributed by atoms with van der Waals surface area (Å²) in [6.45, 7) is 3.28. The van der Waals surface area contributed by atoms with Gasteiger partial charge in [0.2, 0.25) is 11.7 Å². The summed E-state index contributed by atoms with van der Waals surface area (Å²) in [5.74, 6) is -1.21. The Labute approximate surface area is 180 Å². The van der Waals surface area contributed by atoms with Crippen molar-refractivity contribution in [3.63, 3.8) is 0 Å². The molecular weight excluding hydrogens is 416 g/mol. The second kappa shape index (κ2) is 7.91. The van der Waals surface area contributed by atoms with Gasteiger partial charge in [0.05, 0.1) is 0 Å². The smallest absolute Gasteiger partial charge is 0.361 e. The number of nitrogens with two attached hydrogens (primary N) is 1. The van der Waals surface area contributed by atoms with Gasteiger partial charge in [-0.05, 0) is 37.1 Å². The van der Waals surface area contributed by atoms with E-state index in [0.717, 1.165) is 4.90 Å². The molecule has 0 saturated heterocycles. The largest absolute Gasteiger partial charge is 0.421 e. The van der Waals surface area contributed by atoms with Gasteiger partial charge >= 0.3 is 11.3 Å². The molecule has 0 saturated carbocycles. The van der Waals surface area contributed by atoms with Crippen molar-refractivity contribution in [2.75, 3.05) is 4.90 Å². The molecule has 0 aliphatic rings. The Morgan fingerprint density at radius 1 is 0.812 bits per heavy atom. The molecule has 4 rings (SSSR count). The Kier molecular flexibility index (Phi) is 5.11. The fraction of sp³-hybridized carbons (Fsp3) is 0.0909. The van der Waals surface area contributed by atoms with Gasteiger partial charge in [0.15, 0.2) is 0 Å². The summed E-state index contributed by atoms with van der Waals surface area (Å²) in [6.07, 6.45) is 0. The number of hydrogen-bond donors (Lipinski definition) is 3. The predicted octanol–water partition coefficient (Wildman–Crippen LogP) is 3.19. The Morgan fingerprint density at radius 2 is 1.25 bits per heavy atom. The third-order valence-electron chi connectivity index (χ3n) is 5.18. The number of benzene rings is 2. The lowest BCUT2D eigenvalue weighted by Crippen LogP contribution is -2.42. The number of nitrogens with zero attached hydrogens (tertiary/aromatic N) is 3. The highest BCUT2D eigenvalue weighted by Crippen LogP contribution is 2.33.